The first kappa shape index (κ1) is 11.6. The molecule has 1 fully saturated rings. The van der Waals surface area contributed by atoms with E-state index < -0.39 is 0 Å². The smallest absolute Gasteiger partial charge is 0.234 e. The largest absolute Gasteiger partial charge is 0.345 e. The van der Waals surface area contributed by atoms with Crippen molar-refractivity contribution in [2.75, 3.05) is 6.54 Å². The second-order valence-corrected chi connectivity index (χ2v) is 5.17. The van der Waals surface area contributed by atoms with Crippen molar-refractivity contribution in [1.29, 1.82) is 0 Å². The minimum Gasteiger partial charge on any atom is -0.345 e. The number of hydrogen-bond donors (Lipinski definition) is 2. The second kappa shape index (κ2) is 4.68. The summed E-state index contributed by atoms with van der Waals surface area (Å²) in [5.41, 5.74) is 0. The molecule has 1 aliphatic heterocycles. The van der Waals surface area contributed by atoms with Gasteiger partial charge in [-0.1, -0.05) is 0 Å². The lowest BCUT2D eigenvalue weighted by atomic mass is 10.3. The third-order valence-corrected chi connectivity index (χ3v) is 3.53. The first-order chi connectivity index (χ1) is 8.74. The van der Waals surface area contributed by atoms with Crippen LogP contribution in [0.3, 0.4) is 0 Å². The Hall–Kier alpha value is -1.43. The minimum absolute atomic E-state index is 0.0322. The van der Waals surface area contributed by atoms with E-state index in [2.05, 4.69) is 25.4 Å². The van der Waals surface area contributed by atoms with Crippen molar-refractivity contribution in [1.82, 2.24) is 25.4 Å². The highest BCUT2D eigenvalue weighted by Gasteiger charge is 2.24. The SMILES string of the molecule is CC(NC(=O)CNC1CC1)c1nnc2n1CCC2. The molecule has 0 bridgehead atoms. The molecule has 0 radical (unpaired) electrons. The highest BCUT2D eigenvalue weighted by molar-refractivity contribution is 5.78. The number of rotatable bonds is 5. The summed E-state index contributed by atoms with van der Waals surface area (Å²) in [6.07, 6.45) is 4.51. The molecule has 1 aliphatic carbocycles. The Kier molecular flexibility index (Phi) is 3.03. The van der Waals surface area contributed by atoms with Gasteiger partial charge in [-0.2, -0.15) is 0 Å². The van der Waals surface area contributed by atoms with E-state index in [1.165, 1.54) is 12.8 Å². The number of nitrogens with one attached hydrogen (secondary N) is 2. The topological polar surface area (TPSA) is 71.8 Å². The van der Waals surface area contributed by atoms with Crippen molar-refractivity contribution < 1.29 is 4.79 Å². The number of carbonyl (C=O) groups is 1. The fourth-order valence-corrected chi connectivity index (χ4v) is 2.37. The maximum atomic E-state index is 11.8. The normalized spacial score (nSPS) is 19.6. The Morgan fingerprint density at radius 1 is 1.50 bits per heavy atom. The van der Waals surface area contributed by atoms with Gasteiger partial charge < -0.3 is 15.2 Å². The van der Waals surface area contributed by atoms with Crippen molar-refractivity contribution in [3.05, 3.63) is 11.6 Å². The molecule has 0 aromatic carbocycles. The van der Waals surface area contributed by atoms with Crippen LogP contribution in [0.1, 0.15) is 43.9 Å². The standard InChI is InChI=1S/C12H19N5O/c1-8(14-11(18)7-13-9-4-5-9)12-16-15-10-3-2-6-17(10)12/h8-9,13H,2-7H2,1H3,(H,14,18). The van der Waals surface area contributed by atoms with Crippen molar-refractivity contribution in [3.8, 4) is 0 Å². The Morgan fingerprint density at radius 2 is 2.33 bits per heavy atom. The molecule has 0 spiro atoms. The summed E-state index contributed by atoms with van der Waals surface area (Å²) in [5.74, 6) is 1.95. The first-order valence-corrected chi connectivity index (χ1v) is 6.69. The Balaban J connectivity index is 1.56. The Labute approximate surface area is 106 Å². The molecule has 3 rings (SSSR count). The molecule has 2 N–H and O–H groups in total. The second-order valence-electron chi connectivity index (χ2n) is 5.17. The van der Waals surface area contributed by atoms with Crippen molar-refractivity contribution in [3.63, 3.8) is 0 Å². The van der Waals surface area contributed by atoms with Crippen molar-refractivity contribution in [2.24, 2.45) is 0 Å². The molecule has 1 saturated carbocycles. The van der Waals surface area contributed by atoms with Crippen LogP contribution in [0.5, 0.6) is 0 Å². The average Bonchev–Trinajstić information content (AvgIpc) is 2.89. The van der Waals surface area contributed by atoms with Gasteiger partial charge in [0.1, 0.15) is 5.82 Å². The first-order valence-electron chi connectivity index (χ1n) is 6.69. The highest BCUT2D eigenvalue weighted by Crippen LogP contribution is 2.19. The molecule has 1 atom stereocenters. The van der Waals surface area contributed by atoms with Crippen LogP contribution in [0.2, 0.25) is 0 Å². The van der Waals surface area contributed by atoms with Crippen LogP contribution in [0, 0.1) is 0 Å². The van der Waals surface area contributed by atoms with Gasteiger partial charge in [0.2, 0.25) is 5.91 Å². The van der Waals surface area contributed by atoms with Gasteiger partial charge in [0.15, 0.2) is 5.82 Å². The molecule has 1 amide bonds. The summed E-state index contributed by atoms with van der Waals surface area (Å²) in [4.78, 5) is 11.8. The lowest BCUT2D eigenvalue weighted by molar-refractivity contribution is -0.121. The van der Waals surface area contributed by atoms with E-state index in [1.807, 2.05) is 6.92 Å². The van der Waals surface area contributed by atoms with Gasteiger partial charge in [-0.3, -0.25) is 4.79 Å². The lowest BCUT2D eigenvalue weighted by Gasteiger charge is -2.14. The summed E-state index contributed by atoms with van der Waals surface area (Å²) in [6, 6.07) is 0.487. The van der Waals surface area contributed by atoms with E-state index in [1.54, 1.807) is 0 Å². The van der Waals surface area contributed by atoms with Gasteiger partial charge in [0.05, 0.1) is 12.6 Å². The average molecular weight is 249 g/mol. The van der Waals surface area contributed by atoms with Gasteiger partial charge in [0.25, 0.3) is 0 Å². The van der Waals surface area contributed by atoms with Gasteiger partial charge in [-0.25, -0.2) is 0 Å². The number of carbonyl (C=O) groups excluding carboxylic acids is 1. The number of fused-ring (bicyclic) bond motifs is 1. The predicted molar refractivity (Wildman–Crippen MR) is 65.9 cm³/mol. The maximum absolute atomic E-state index is 11.8. The number of aromatic nitrogens is 3. The molecule has 1 aromatic heterocycles. The molecule has 2 heterocycles. The van der Waals surface area contributed by atoms with Crippen LogP contribution < -0.4 is 10.6 Å². The summed E-state index contributed by atoms with van der Waals surface area (Å²) in [7, 11) is 0. The molecule has 2 aliphatic rings. The van der Waals surface area contributed by atoms with Gasteiger partial charge in [0, 0.05) is 19.0 Å². The molecule has 6 heteroatoms. The van der Waals surface area contributed by atoms with Crippen molar-refractivity contribution >= 4 is 5.91 Å². The summed E-state index contributed by atoms with van der Waals surface area (Å²) < 4.78 is 2.12. The summed E-state index contributed by atoms with van der Waals surface area (Å²) in [6.45, 7) is 3.33. The van der Waals surface area contributed by atoms with Gasteiger partial charge in [-0.05, 0) is 26.2 Å². The number of nitrogens with zero attached hydrogens (tertiary/aromatic N) is 3. The third kappa shape index (κ3) is 2.38. The molecule has 6 nitrogen and oxygen atoms in total. The molecule has 0 saturated heterocycles. The van der Waals surface area contributed by atoms with Crippen LogP contribution in [-0.4, -0.2) is 33.3 Å². The maximum Gasteiger partial charge on any atom is 0.234 e. The molecule has 1 aromatic rings. The zero-order chi connectivity index (χ0) is 12.5. The van der Waals surface area contributed by atoms with Gasteiger partial charge in [-0.15, -0.1) is 10.2 Å². The van der Waals surface area contributed by atoms with Crippen LogP contribution >= 0.6 is 0 Å². The lowest BCUT2D eigenvalue weighted by Crippen LogP contribution is -2.37. The van der Waals surface area contributed by atoms with Crippen LogP contribution in [0.4, 0.5) is 0 Å². The summed E-state index contributed by atoms with van der Waals surface area (Å²) in [5, 5.41) is 14.5. The van der Waals surface area contributed by atoms with Crippen LogP contribution in [-0.2, 0) is 17.8 Å². The van der Waals surface area contributed by atoms with E-state index in [0.29, 0.717) is 12.6 Å². The fourth-order valence-electron chi connectivity index (χ4n) is 2.37. The Bertz CT molecular complexity index is 451. The van der Waals surface area contributed by atoms with E-state index >= 15 is 0 Å². The quantitative estimate of drug-likeness (QED) is 0.779. The molecule has 18 heavy (non-hydrogen) atoms. The van der Waals surface area contributed by atoms with Gasteiger partial charge >= 0.3 is 0 Å². The molecule has 1 unspecified atom stereocenters. The number of amides is 1. The molecule has 98 valence electrons. The van der Waals surface area contributed by atoms with Crippen LogP contribution in [0.15, 0.2) is 0 Å². The molecular formula is C12H19N5O. The van der Waals surface area contributed by atoms with Crippen molar-refractivity contribution in [2.45, 2.75) is 51.2 Å². The number of aryl methyl sites for hydroxylation is 1. The van der Waals surface area contributed by atoms with E-state index in [-0.39, 0.29) is 11.9 Å². The highest BCUT2D eigenvalue weighted by atomic mass is 16.2. The van der Waals surface area contributed by atoms with E-state index in [4.69, 9.17) is 0 Å². The summed E-state index contributed by atoms with van der Waals surface area (Å²) >= 11 is 0. The number of hydrogen-bond acceptors (Lipinski definition) is 4. The zero-order valence-electron chi connectivity index (χ0n) is 10.6. The Morgan fingerprint density at radius 3 is 3.11 bits per heavy atom. The van der Waals surface area contributed by atoms with E-state index in [0.717, 1.165) is 31.0 Å². The third-order valence-electron chi connectivity index (χ3n) is 3.53. The van der Waals surface area contributed by atoms with E-state index in [9.17, 15) is 4.79 Å². The fraction of sp³-hybridized carbons (Fsp3) is 0.750. The minimum atomic E-state index is -0.0714. The predicted octanol–water partition coefficient (Wildman–Crippen LogP) is 0.153. The van der Waals surface area contributed by atoms with Crippen LogP contribution in [0.25, 0.3) is 0 Å². The monoisotopic (exact) mass is 249 g/mol. The zero-order valence-corrected chi connectivity index (χ0v) is 10.6. The molecular weight excluding hydrogens is 230 g/mol.